The molecule has 1 aromatic heterocycles. The highest BCUT2D eigenvalue weighted by Gasteiger charge is 2.31. The quantitative estimate of drug-likeness (QED) is 0.707. The van der Waals surface area contributed by atoms with Gasteiger partial charge in [-0.3, -0.25) is 4.79 Å². The van der Waals surface area contributed by atoms with Crippen LogP contribution in [0.15, 0.2) is 12.4 Å². The standard InChI is InChI=1S/C14H22F3N3.C4H9NO/c1-4-7-20(8-6-11(3)5-2)13-18-9-12(10-19-13)14(15,16)17;1-4(6)3-5-2/h9-11H,4-8H2,1-3H3;5H,3H2,1-2H3. The molecule has 1 N–H and O–H groups in total. The number of anilines is 1. The van der Waals surface area contributed by atoms with Gasteiger partial charge in [0.15, 0.2) is 0 Å². The Labute approximate surface area is 154 Å². The fourth-order valence-corrected chi connectivity index (χ4v) is 2.04. The summed E-state index contributed by atoms with van der Waals surface area (Å²) in [6, 6.07) is 0. The average molecular weight is 376 g/mol. The summed E-state index contributed by atoms with van der Waals surface area (Å²) >= 11 is 0. The second-order valence-corrected chi connectivity index (χ2v) is 6.29. The van der Waals surface area contributed by atoms with E-state index in [0.29, 0.717) is 18.4 Å². The van der Waals surface area contributed by atoms with Crippen LogP contribution < -0.4 is 10.2 Å². The monoisotopic (exact) mass is 376 g/mol. The van der Waals surface area contributed by atoms with Crippen molar-refractivity contribution in [3.8, 4) is 0 Å². The lowest BCUT2D eigenvalue weighted by molar-refractivity contribution is -0.138. The van der Waals surface area contributed by atoms with Gasteiger partial charge in [0.05, 0.1) is 12.1 Å². The van der Waals surface area contributed by atoms with Crippen LogP contribution in [0.4, 0.5) is 19.1 Å². The van der Waals surface area contributed by atoms with Crippen molar-refractivity contribution in [1.29, 1.82) is 0 Å². The summed E-state index contributed by atoms with van der Waals surface area (Å²) in [5, 5.41) is 2.72. The molecule has 0 bridgehead atoms. The number of carbonyl (C=O) groups excluding carboxylic acids is 1. The van der Waals surface area contributed by atoms with Gasteiger partial charge >= 0.3 is 6.18 Å². The maximum atomic E-state index is 12.5. The number of Topliss-reactive ketones (excluding diaryl/α,β-unsaturated/α-hetero) is 1. The van der Waals surface area contributed by atoms with Gasteiger partial charge < -0.3 is 10.2 Å². The number of carbonyl (C=O) groups is 1. The molecule has 1 atom stereocenters. The molecule has 1 heterocycles. The minimum atomic E-state index is -4.38. The molecule has 0 aromatic carbocycles. The van der Waals surface area contributed by atoms with E-state index in [-0.39, 0.29) is 5.78 Å². The lowest BCUT2D eigenvalue weighted by atomic mass is 10.1. The summed E-state index contributed by atoms with van der Waals surface area (Å²) in [6.07, 6.45) is 0.312. The molecule has 1 aromatic rings. The number of aromatic nitrogens is 2. The van der Waals surface area contributed by atoms with Crippen LogP contribution in [-0.4, -0.2) is 42.4 Å². The molecule has 5 nitrogen and oxygen atoms in total. The number of ketones is 1. The molecule has 150 valence electrons. The molecule has 0 saturated heterocycles. The van der Waals surface area contributed by atoms with Gasteiger partial charge in [-0.25, -0.2) is 9.97 Å². The molecule has 8 heteroatoms. The fourth-order valence-electron chi connectivity index (χ4n) is 2.04. The van der Waals surface area contributed by atoms with Gasteiger partial charge in [0, 0.05) is 25.5 Å². The maximum absolute atomic E-state index is 12.5. The third kappa shape index (κ3) is 10.3. The molecule has 0 aliphatic heterocycles. The van der Waals surface area contributed by atoms with Crippen LogP contribution in [-0.2, 0) is 11.0 Å². The molecule has 0 fully saturated rings. The van der Waals surface area contributed by atoms with Crippen molar-refractivity contribution < 1.29 is 18.0 Å². The molecule has 26 heavy (non-hydrogen) atoms. The number of hydrogen-bond acceptors (Lipinski definition) is 5. The van der Waals surface area contributed by atoms with Crippen LogP contribution >= 0.6 is 0 Å². The Morgan fingerprint density at radius 2 is 1.81 bits per heavy atom. The Morgan fingerprint density at radius 3 is 2.15 bits per heavy atom. The van der Waals surface area contributed by atoms with Gasteiger partial charge in [-0.2, -0.15) is 13.2 Å². The van der Waals surface area contributed by atoms with Crippen molar-refractivity contribution in [1.82, 2.24) is 15.3 Å². The molecule has 0 saturated carbocycles. The minimum Gasteiger partial charge on any atom is -0.341 e. The fraction of sp³-hybridized carbons (Fsp3) is 0.722. The maximum Gasteiger partial charge on any atom is 0.419 e. The highest BCUT2D eigenvalue weighted by atomic mass is 19.4. The van der Waals surface area contributed by atoms with Crippen molar-refractivity contribution in [2.24, 2.45) is 5.92 Å². The van der Waals surface area contributed by atoms with Gasteiger partial charge in [-0.15, -0.1) is 0 Å². The third-order valence-electron chi connectivity index (χ3n) is 3.76. The predicted octanol–water partition coefficient (Wildman–Crippen LogP) is 3.94. The molecular formula is C18H31F3N4O. The highest BCUT2D eigenvalue weighted by molar-refractivity contribution is 5.77. The number of nitrogens with one attached hydrogen (secondary N) is 1. The molecule has 0 aliphatic rings. The molecule has 0 radical (unpaired) electrons. The zero-order chi connectivity index (χ0) is 20.2. The zero-order valence-electron chi connectivity index (χ0n) is 16.4. The van der Waals surface area contributed by atoms with E-state index >= 15 is 0 Å². The van der Waals surface area contributed by atoms with E-state index in [4.69, 9.17) is 0 Å². The van der Waals surface area contributed by atoms with E-state index < -0.39 is 11.7 Å². The molecular weight excluding hydrogens is 345 g/mol. The van der Waals surface area contributed by atoms with E-state index in [1.165, 1.54) is 0 Å². The second kappa shape index (κ2) is 12.6. The van der Waals surface area contributed by atoms with Gasteiger partial charge in [-0.1, -0.05) is 27.2 Å². The predicted molar refractivity (Wildman–Crippen MR) is 98.2 cm³/mol. The Morgan fingerprint density at radius 1 is 1.23 bits per heavy atom. The summed E-state index contributed by atoms with van der Waals surface area (Å²) < 4.78 is 37.4. The first-order chi connectivity index (χ1) is 12.1. The zero-order valence-corrected chi connectivity index (χ0v) is 16.4. The summed E-state index contributed by atoms with van der Waals surface area (Å²) in [5.41, 5.74) is -0.806. The average Bonchev–Trinajstić information content (AvgIpc) is 2.58. The van der Waals surface area contributed by atoms with Gasteiger partial charge in [0.25, 0.3) is 0 Å². The van der Waals surface area contributed by atoms with Crippen LogP contribution in [0.2, 0.25) is 0 Å². The Kier molecular flexibility index (Phi) is 11.8. The first-order valence-electron chi connectivity index (χ1n) is 8.93. The summed E-state index contributed by atoms with van der Waals surface area (Å²) in [6.45, 7) is 9.88. The number of hydrogen-bond donors (Lipinski definition) is 1. The van der Waals surface area contributed by atoms with Crippen molar-refractivity contribution in [3.63, 3.8) is 0 Å². The van der Waals surface area contributed by atoms with Gasteiger partial charge in [-0.05, 0) is 32.7 Å². The second-order valence-electron chi connectivity index (χ2n) is 6.29. The third-order valence-corrected chi connectivity index (χ3v) is 3.76. The molecule has 1 unspecified atom stereocenters. The number of halogens is 3. The molecule has 0 amide bonds. The normalized spacial score (nSPS) is 12.2. The van der Waals surface area contributed by atoms with Crippen molar-refractivity contribution in [2.45, 2.75) is 53.1 Å². The van der Waals surface area contributed by atoms with Crippen LogP contribution in [0.3, 0.4) is 0 Å². The number of alkyl halides is 3. The number of rotatable bonds is 9. The summed E-state index contributed by atoms with van der Waals surface area (Å²) in [4.78, 5) is 19.7. The number of nitrogens with zero attached hydrogens (tertiary/aromatic N) is 3. The Hall–Kier alpha value is -1.70. The van der Waals surface area contributed by atoms with Crippen molar-refractivity contribution >= 4 is 11.7 Å². The first-order valence-corrected chi connectivity index (χ1v) is 8.93. The highest BCUT2D eigenvalue weighted by Crippen LogP contribution is 2.28. The smallest absolute Gasteiger partial charge is 0.341 e. The van der Waals surface area contributed by atoms with Crippen molar-refractivity contribution in [3.05, 3.63) is 18.0 Å². The van der Waals surface area contributed by atoms with Gasteiger partial charge in [0.2, 0.25) is 5.95 Å². The van der Waals surface area contributed by atoms with Crippen LogP contribution in [0.5, 0.6) is 0 Å². The SMILES string of the molecule is CCCN(CCC(C)CC)c1ncc(C(F)(F)F)cn1.CNCC(C)=O. The van der Waals surface area contributed by atoms with E-state index in [1.54, 1.807) is 14.0 Å². The van der Waals surface area contributed by atoms with Crippen LogP contribution in [0.25, 0.3) is 0 Å². The lowest BCUT2D eigenvalue weighted by Crippen LogP contribution is -2.28. The van der Waals surface area contributed by atoms with Crippen LogP contribution in [0.1, 0.15) is 52.5 Å². The van der Waals surface area contributed by atoms with E-state index in [9.17, 15) is 18.0 Å². The Bertz CT molecular complexity index is 506. The summed E-state index contributed by atoms with van der Waals surface area (Å²) in [5.74, 6) is 1.14. The topological polar surface area (TPSA) is 58.1 Å². The lowest BCUT2D eigenvalue weighted by Gasteiger charge is -2.23. The summed E-state index contributed by atoms with van der Waals surface area (Å²) in [7, 11) is 1.75. The molecule has 0 spiro atoms. The van der Waals surface area contributed by atoms with E-state index in [2.05, 4.69) is 29.1 Å². The van der Waals surface area contributed by atoms with Crippen molar-refractivity contribution in [2.75, 3.05) is 31.6 Å². The minimum absolute atomic E-state index is 0.178. The van der Waals surface area contributed by atoms with E-state index in [0.717, 1.165) is 44.7 Å². The van der Waals surface area contributed by atoms with Crippen LogP contribution in [0, 0.1) is 5.92 Å². The molecule has 0 aliphatic carbocycles. The largest absolute Gasteiger partial charge is 0.419 e. The van der Waals surface area contributed by atoms with E-state index in [1.807, 2.05) is 11.8 Å². The first kappa shape index (κ1) is 24.3. The van der Waals surface area contributed by atoms with Gasteiger partial charge in [0.1, 0.15) is 5.78 Å². The molecule has 1 rings (SSSR count). The Balaban J connectivity index is 0.000000896. The number of likely N-dealkylation sites (N-methyl/N-ethyl adjacent to an activating group) is 1.